The van der Waals surface area contributed by atoms with Gasteiger partial charge in [0.15, 0.2) is 0 Å². The fourth-order valence-corrected chi connectivity index (χ4v) is 2.47. The summed E-state index contributed by atoms with van der Waals surface area (Å²) in [6.45, 7) is 1.88. The molecule has 0 bridgehead atoms. The lowest BCUT2D eigenvalue weighted by atomic mass is 10.1. The summed E-state index contributed by atoms with van der Waals surface area (Å²) in [5.41, 5.74) is 1.65. The van der Waals surface area contributed by atoms with Crippen molar-refractivity contribution in [1.29, 1.82) is 0 Å². The summed E-state index contributed by atoms with van der Waals surface area (Å²) in [6.07, 6.45) is 0. The standard InChI is InChI=1S/C16H15Cl2NO/c1-11(13-9-5-6-10-14(13)17)19-16(20)15(18)12-7-3-2-4-8-12/h2-11,15H,1H3,(H,19,20)/t11-,15?/m0/s1. The van der Waals surface area contributed by atoms with Crippen LogP contribution in [0.2, 0.25) is 5.02 Å². The molecule has 2 nitrogen and oxygen atoms in total. The number of carbonyl (C=O) groups excluding carboxylic acids is 1. The molecule has 0 heterocycles. The molecule has 1 amide bonds. The second-order valence-electron chi connectivity index (χ2n) is 4.53. The summed E-state index contributed by atoms with van der Waals surface area (Å²) in [4.78, 5) is 12.2. The number of halogens is 2. The van der Waals surface area contributed by atoms with Gasteiger partial charge < -0.3 is 5.32 Å². The highest BCUT2D eigenvalue weighted by Crippen LogP contribution is 2.25. The first-order chi connectivity index (χ1) is 9.59. The minimum Gasteiger partial charge on any atom is -0.348 e. The van der Waals surface area contributed by atoms with Crippen molar-refractivity contribution in [2.45, 2.75) is 18.3 Å². The van der Waals surface area contributed by atoms with Crippen LogP contribution in [0.25, 0.3) is 0 Å². The SMILES string of the molecule is C[C@H](NC(=O)C(Cl)c1ccccc1)c1ccccc1Cl. The van der Waals surface area contributed by atoms with E-state index < -0.39 is 5.38 Å². The Kier molecular flexibility index (Phi) is 5.05. The van der Waals surface area contributed by atoms with Crippen LogP contribution in [0, 0.1) is 0 Å². The molecule has 2 aromatic rings. The zero-order valence-electron chi connectivity index (χ0n) is 11.0. The van der Waals surface area contributed by atoms with Crippen LogP contribution in [0.15, 0.2) is 54.6 Å². The van der Waals surface area contributed by atoms with E-state index >= 15 is 0 Å². The number of hydrogen-bond donors (Lipinski definition) is 1. The second kappa shape index (κ2) is 6.78. The molecular formula is C16H15Cl2NO. The molecule has 0 aromatic heterocycles. The highest BCUT2D eigenvalue weighted by Gasteiger charge is 2.20. The van der Waals surface area contributed by atoms with Gasteiger partial charge in [0.25, 0.3) is 0 Å². The molecule has 20 heavy (non-hydrogen) atoms. The Bertz CT molecular complexity index is 586. The Hall–Kier alpha value is -1.51. The van der Waals surface area contributed by atoms with Gasteiger partial charge in [-0.05, 0) is 24.1 Å². The van der Waals surface area contributed by atoms with E-state index in [9.17, 15) is 4.79 Å². The number of amides is 1. The molecular weight excluding hydrogens is 293 g/mol. The number of hydrogen-bond acceptors (Lipinski definition) is 1. The van der Waals surface area contributed by atoms with E-state index in [4.69, 9.17) is 23.2 Å². The van der Waals surface area contributed by atoms with Crippen LogP contribution in [0.5, 0.6) is 0 Å². The molecule has 0 fully saturated rings. The predicted octanol–water partition coefficient (Wildman–Crippen LogP) is 4.50. The minimum atomic E-state index is -0.707. The normalized spacial score (nSPS) is 13.6. The maximum Gasteiger partial charge on any atom is 0.243 e. The molecule has 4 heteroatoms. The number of benzene rings is 2. The second-order valence-corrected chi connectivity index (χ2v) is 5.37. The molecule has 0 aliphatic heterocycles. The van der Waals surface area contributed by atoms with Crippen molar-refractivity contribution in [3.63, 3.8) is 0 Å². The van der Waals surface area contributed by atoms with Gasteiger partial charge in [0, 0.05) is 5.02 Å². The number of rotatable bonds is 4. The van der Waals surface area contributed by atoms with Crippen LogP contribution in [0.4, 0.5) is 0 Å². The van der Waals surface area contributed by atoms with Gasteiger partial charge in [-0.25, -0.2) is 0 Å². The fourth-order valence-electron chi connectivity index (χ4n) is 1.96. The number of carbonyl (C=O) groups is 1. The van der Waals surface area contributed by atoms with Crippen molar-refractivity contribution in [2.75, 3.05) is 0 Å². The lowest BCUT2D eigenvalue weighted by molar-refractivity contribution is -0.121. The Morgan fingerprint density at radius 1 is 1.05 bits per heavy atom. The van der Waals surface area contributed by atoms with Crippen molar-refractivity contribution in [3.8, 4) is 0 Å². The van der Waals surface area contributed by atoms with Crippen molar-refractivity contribution >= 4 is 29.1 Å². The van der Waals surface area contributed by atoms with Crippen LogP contribution in [0.3, 0.4) is 0 Å². The quantitative estimate of drug-likeness (QED) is 0.828. The van der Waals surface area contributed by atoms with Gasteiger partial charge in [-0.1, -0.05) is 60.1 Å². The highest BCUT2D eigenvalue weighted by molar-refractivity contribution is 6.31. The molecule has 2 rings (SSSR count). The van der Waals surface area contributed by atoms with Crippen LogP contribution < -0.4 is 5.32 Å². The largest absolute Gasteiger partial charge is 0.348 e. The van der Waals surface area contributed by atoms with E-state index in [-0.39, 0.29) is 11.9 Å². The molecule has 0 saturated heterocycles. The summed E-state index contributed by atoms with van der Waals surface area (Å²) in [6, 6.07) is 16.5. The van der Waals surface area contributed by atoms with Crippen molar-refractivity contribution in [2.24, 2.45) is 0 Å². The molecule has 0 aliphatic carbocycles. The van der Waals surface area contributed by atoms with Crippen molar-refractivity contribution < 1.29 is 4.79 Å². The Morgan fingerprint density at radius 3 is 2.30 bits per heavy atom. The monoisotopic (exact) mass is 307 g/mol. The first kappa shape index (κ1) is 14.9. The molecule has 2 atom stereocenters. The van der Waals surface area contributed by atoms with E-state index in [1.807, 2.05) is 55.5 Å². The van der Waals surface area contributed by atoms with E-state index in [0.717, 1.165) is 11.1 Å². The van der Waals surface area contributed by atoms with Crippen molar-refractivity contribution in [3.05, 3.63) is 70.7 Å². The Balaban J connectivity index is 2.07. The molecule has 1 N–H and O–H groups in total. The average Bonchev–Trinajstić information content (AvgIpc) is 2.47. The lowest BCUT2D eigenvalue weighted by Gasteiger charge is -2.18. The molecule has 0 aliphatic rings. The summed E-state index contributed by atoms with van der Waals surface area (Å²) in [5.74, 6) is -0.231. The Labute approximate surface area is 128 Å². The van der Waals surface area contributed by atoms with E-state index in [2.05, 4.69) is 5.32 Å². The molecule has 1 unspecified atom stereocenters. The molecule has 2 aromatic carbocycles. The predicted molar refractivity (Wildman–Crippen MR) is 83.0 cm³/mol. The van der Waals surface area contributed by atoms with Crippen LogP contribution in [-0.4, -0.2) is 5.91 Å². The first-order valence-electron chi connectivity index (χ1n) is 6.33. The van der Waals surface area contributed by atoms with Gasteiger partial charge in [0.1, 0.15) is 5.38 Å². The van der Waals surface area contributed by atoms with Crippen LogP contribution >= 0.6 is 23.2 Å². The van der Waals surface area contributed by atoms with Gasteiger partial charge in [-0.3, -0.25) is 4.79 Å². The number of nitrogens with one attached hydrogen (secondary N) is 1. The highest BCUT2D eigenvalue weighted by atomic mass is 35.5. The summed E-state index contributed by atoms with van der Waals surface area (Å²) in [7, 11) is 0. The van der Waals surface area contributed by atoms with Crippen LogP contribution in [0.1, 0.15) is 29.5 Å². The van der Waals surface area contributed by atoms with E-state index in [1.165, 1.54) is 0 Å². The van der Waals surface area contributed by atoms with Gasteiger partial charge in [-0.15, -0.1) is 11.6 Å². The Morgan fingerprint density at radius 2 is 1.65 bits per heavy atom. The first-order valence-corrected chi connectivity index (χ1v) is 7.15. The van der Waals surface area contributed by atoms with E-state index in [0.29, 0.717) is 5.02 Å². The third-order valence-corrected chi connectivity index (χ3v) is 3.85. The molecule has 104 valence electrons. The summed E-state index contributed by atoms with van der Waals surface area (Å²) < 4.78 is 0. The van der Waals surface area contributed by atoms with Gasteiger partial charge >= 0.3 is 0 Å². The molecule has 0 spiro atoms. The average molecular weight is 308 g/mol. The topological polar surface area (TPSA) is 29.1 Å². The third kappa shape index (κ3) is 3.53. The third-order valence-electron chi connectivity index (χ3n) is 3.05. The van der Waals surface area contributed by atoms with Crippen LogP contribution in [-0.2, 0) is 4.79 Å². The lowest BCUT2D eigenvalue weighted by Crippen LogP contribution is -2.29. The zero-order valence-corrected chi connectivity index (χ0v) is 12.5. The maximum atomic E-state index is 12.2. The smallest absolute Gasteiger partial charge is 0.243 e. The van der Waals surface area contributed by atoms with E-state index in [1.54, 1.807) is 6.07 Å². The summed E-state index contributed by atoms with van der Waals surface area (Å²) in [5, 5.41) is 2.80. The maximum absolute atomic E-state index is 12.2. The number of alkyl halides is 1. The summed E-state index contributed by atoms with van der Waals surface area (Å²) >= 11 is 12.3. The van der Waals surface area contributed by atoms with Gasteiger partial charge in [0.2, 0.25) is 5.91 Å². The van der Waals surface area contributed by atoms with Crippen molar-refractivity contribution in [1.82, 2.24) is 5.32 Å². The fraction of sp³-hybridized carbons (Fsp3) is 0.188. The van der Waals surface area contributed by atoms with Gasteiger partial charge in [0.05, 0.1) is 6.04 Å². The molecule has 0 radical (unpaired) electrons. The van der Waals surface area contributed by atoms with Gasteiger partial charge in [-0.2, -0.15) is 0 Å². The minimum absolute atomic E-state index is 0.193. The zero-order chi connectivity index (χ0) is 14.5. The molecule has 0 saturated carbocycles.